The molecule has 0 aliphatic rings. The lowest BCUT2D eigenvalue weighted by Gasteiger charge is -2.17. The molecule has 0 bridgehead atoms. The van der Waals surface area contributed by atoms with Crippen LogP contribution >= 0.6 is 0 Å². The highest BCUT2D eigenvalue weighted by molar-refractivity contribution is 5.87. The van der Waals surface area contributed by atoms with Gasteiger partial charge in [-0.3, -0.25) is 4.90 Å². The average molecular weight is 275 g/mol. The number of aromatic carboxylic acids is 1. The minimum absolute atomic E-state index is 0.172. The van der Waals surface area contributed by atoms with Gasteiger partial charge in [0.1, 0.15) is 17.8 Å². The van der Waals surface area contributed by atoms with Gasteiger partial charge in [0.25, 0.3) is 0 Å². The van der Waals surface area contributed by atoms with Crippen molar-refractivity contribution in [1.29, 1.82) is 0 Å². The van der Waals surface area contributed by atoms with Gasteiger partial charge in [-0.1, -0.05) is 18.2 Å². The van der Waals surface area contributed by atoms with Crippen molar-refractivity contribution in [2.24, 2.45) is 0 Å². The van der Waals surface area contributed by atoms with Crippen LogP contribution in [0.5, 0.6) is 5.75 Å². The summed E-state index contributed by atoms with van der Waals surface area (Å²) < 4.78 is 10.5. The van der Waals surface area contributed by atoms with Gasteiger partial charge in [-0.2, -0.15) is 0 Å². The fourth-order valence-electron chi connectivity index (χ4n) is 2.02. The Morgan fingerprint density at radius 2 is 2.10 bits per heavy atom. The van der Waals surface area contributed by atoms with Crippen molar-refractivity contribution in [2.45, 2.75) is 13.1 Å². The molecule has 2 aromatic rings. The number of benzene rings is 1. The number of carbonyl (C=O) groups is 1. The molecule has 0 aliphatic heterocycles. The Balaban J connectivity index is 2.01. The van der Waals surface area contributed by atoms with Crippen LogP contribution in [0, 0.1) is 0 Å². The Labute approximate surface area is 117 Å². The van der Waals surface area contributed by atoms with Gasteiger partial charge in [0.05, 0.1) is 19.2 Å². The van der Waals surface area contributed by atoms with Gasteiger partial charge in [-0.25, -0.2) is 4.79 Å². The van der Waals surface area contributed by atoms with Crippen LogP contribution < -0.4 is 4.74 Å². The maximum absolute atomic E-state index is 10.8. The van der Waals surface area contributed by atoms with Crippen molar-refractivity contribution in [3.63, 3.8) is 0 Å². The van der Waals surface area contributed by atoms with Gasteiger partial charge in [0.2, 0.25) is 0 Å². The Morgan fingerprint density at radius 3 is 2.75 bits per heavy atom. The summed E-state index contributed by atoms with van der Waals surface area (Å²) in [6.07, 6.45) is 1.26. The Bertz CT molecular complexity index is 591. The molecule has 0 saturated heterocycles. The third-order valence-corrected chi connectivity index (χ3v) is 2.96. The van der Waals surface area contributed by atoms with Crippen molar-refractivity contribution in [3.8, 4) is 5.75 Å². The molecule has 0 atom stereocenters. The number of furan rings is 1. The van der Waals surface area contributed by atoms with Crippen molar-refractivity contribution in [2.75, 3.05) is 14.2 Å². The van der Waals surface area contributed by atoms with E-state index in [-0.39, 0.29) is 5.56 Å². The van der Waals surface area contributed by atoms with Crippen molar-refractivity contribution in [1.82, 2.24) is 4.90 Å². The molecular weight excluding hydrogens is 258 g/mol. The van der Waals surface area contributed by atoms with Crippen LogP contribution in [0.1, 0.15) is 21.7 Å². The second-order valence-corrected chi connectivity index (χ2v) is 4.59. The molecule has 0 fully saturated rings. The first-order chi connectivity index (χ1) is 9.60. The molecule has 106 valence electrons. The normalized spacial score (nSPS) is 10.8. The zero-order chi connectivity index (χ0) is 14.5. The summed E-state index contributed by atoms with van der Waals surface area (Å²) in [6.45, 7) is 1.22. The van der Waals surface area contributed by atoms with Gasteiger partial charge >= 0.3 is 5.97 Å². The third kappa shape index (κ3) is 3.39. The molecule has 1 aromatic heterocycles. The average Bonchev–Trinajstić information content (AvgIpc) is 2.88. The number of carboxylic acid groups (broad SMARTS) is 1. The Morgan fingerprint density at radius 1 is 1.35 bits per heavy atom. The molecule has 20 heavy (non-hydrogen) atoms. The molecule has 0 radical (unpaired) electrons. The van der Waals surface area contributed by atoms with E-state index in [1.54, 1.807) is 13.2 Å². The van der Waals surface area contributed by atoms with Gasteiger partial charge in [0.15, 0.2) is 0 Å². The van der Waals surface area contributed by atoms with Gasteiger partial charge in [0, 0.05) is 12.1 Å². The predicted molar refractivity (Wildman–Crippen MR) is 73.8 cm³/mol. The maximum Gasteiger partial charge on any atom is 0.338 e. The molecule has 2 rings (SSSR count). The first-order valence-electron chi connectivity index (χ1n) is 6.21. The van der Waals surface area contributed by atoms with Crippen molar-refractivity contribution in [3.05, 3.63) is 53.5 Å². The predicted octanol–water partition coefficient (Wildman–Crippen LogP) is 2.62. The maximum atomic E-state index is 10.8. The van der Waals surface area contributed by atoms with E-state index >= 15 is 0 Å². The van der Waals surface area contributed by atoms with Crippen LogP contribution in [0.15, 0.2) is 41.0 Å². The number of ether oxygens (including phenoxy) is 1. The topological polar surface area (TPSA) is 62.9 Å². The number of rotatable bonds is 6. The van der Waals surface area contributed by atoms with Gasteiger partial charge in [-0.15, -0.1) is 0 Å². The zero-order valence-electron chi connectivity index (χ0n) is 11.5. The van der Waals surface area contributed by atoms with Crippen molar-refractivity contribution >= 4 is 5.97 Å². The third-order valence-electron chi connectivity index (χ3n) is 2.96. The number of methoxy groups -OCH3 is 1. The minimum atomic E-state index is -0.979. The fourth-order valence-corrected chi connectivity index (χ4v) is 2.02. The lowest BCUT2D eigenvalue weighted by atomic mass is 10.2. The van der Waals surface area contributed by atoms with Crippen LogP contribution in [0.3, 0.4) is 0 Å². The molecule has 5 nitrogen and oxygen atoms in total. The number of hydrogen-bond acceptors (Lipinski definition) is 4. The molecule has 1 heterocycles. The molecule has 0 saturated carbocycles. The highest BCUT2D eigenvalue weighted by atomic mass is 16.5. The lowest BCUT2D eigenvalue weighted by molar-refractivity contribution is 0.0696. The largest absolute Gasteiger partial charge is 0.496 e. The zero-order valence-corrected chi connectivity index (χ0v) is 11.5. The van der Waals surface area contributed by atoms with E-state index in [1.807, 2.05) is 36.2 Å². The lowest BCUT2D eigenvalue weighted by Crippen LogP contribution is -2.17. The Kier molecular flexibility index (Phi) is 4.42. The van der Waals surface area contributed by atoms with Crippen LogP contribution in [0.25, 0.3) is 0 Å². The van der Waals surface area contributed by atoms with Crippen LogP contribution in [0.2, 0.25) is 0 Å². The first-order valence-corrected chi connectivity index (χ1v) is 6.21. The molecule has 5 heteroatoms. The first kappa shape index (κ1) is 14.1. The van der Waals surface area contributed by atoms with E-state index in [1.165, 1.54) is 6.26 Å². The highest BCUT2D eigenvalue weighted by Gasteiger charge is 2.11. The summed E-state index contributed by atoms with van der Waals surface area (Å²) in [6, 6.07) is 9.34. The minimum Gasteiger partial charge on any atom is -0.496 e. The van der Waals surface area contributed by atoms with Gasteiger partial charge < -0.3 is 14.3 Å². The molecule has 0 amide bonds. The van der Waals surface area contributed by atoms with E-state index in [0.29, 0.717) is 18.8 Å². The van der Waals surface area contributed by atoms with E-state index in [2.05, 4.69) is 0 Å². The monoisotopic (exact) mass is 275 g/mol. The molecule has 0 spiro atoms. The molecule has 0 aliphatic carbocycles. The SMILES string of the molecule is COc1ccccc1CN(C)Cc1cc(C(=O)O)co1. The van der Waals surface area contributed by atoms with Gasteiger partial charge in [-0.05, 0) is 19.2 Å². The summed E-state index contributed by atoms with van der Waals surface area (Å²) in [5.41, 5.74) is 1.24. The van der Waals surface area contributed by atoms with E-state index in [0.717, 1.165) is 11.3 Å². The Hall–Kier alpha value is -2.27. The molecule has 0 unspecified atom stereocenters. The summed E-state index contributed by atoms with van der Waals surface area (Å²) in [7, 11) is 3.58. The number of carboxylic acids is 1. The second-order valence-electron chi connectivity index (χ2n) is 4.59. The standard InChI is InChI=1S/C15H17NO4/c1-16(8-11-5-3-4-6-14(11)19-2)9-13-7-12(10-20-13)15(17)18/h3-7,10H,8-9H2,1-2H3,(H,17,18). The summed E-state index contributed by atoms with van der Waals surface area (Å²) in [5.74, 6) is 0.484. The van der Waals surface area contributed by atoms with E-state index in [4.69, 9.17) is 14.3 Å². The van der Waals surface area contributed by atoms with Crippen LogP contribution in [0.4, 0.5) is 0 Å². The van der Waals surface area contributed by atoms with Crippen LogP contribution in [-0.4, -0.2) is 30.1 Å². The highest BCUT2D eigenvalue weighted by Crippen LogP contribution is 2.20. The van der Waals surface area contributed by atoms with Crippen molar-refractivity contribution < 1.29 is 19.1 Å². The number of hydrogen-bond donors (Lipinski definition) is 1. The smallest absolute Gasteiger partial charge is 0.338 e. The van der Waals surface area contributed by atoms with E-state index in [9.17, 15) is 4.79 Å². The molecular formula is C15H17NO4. The number of nitrogens with zero attached hydrogens (tertiary/aromatic N) is 1. The summed E-state index contributed by atoms with van der Waals surface area (Å²) in [5, 5.41) is 8.85. The molecule has 1 N–H and O–H groups in total. The fraction of sp³-hybridized carbons (Fsp3) is 0.267. The summed E-state index contributed by atoms with van der Waals surface area (Å²) in [4.78, 5) is 12.8. The van der Waals surface area contributed by atoms with E-state index < -0.39 is 5.97 Å². The summed E-state index contributed by atoms with van der Waals surface area (Å²) >= 11 is 0. The van der Waals surface area contributed by atoms with Crippen LogP contribution in [-0.2, 0) is 13.1 Å². The quantitative estimate of drug-likeness (QED) is 0.878. The molecule has 1 aromatic carbocycles. The number of para-hydroxylation sites is 1. The second kappa shape index (κ2) is 6.25.